The van der Waals surface area contributed by atoms with E-state index in [2.05, 4.69) is 10.3 Å². The Balaban J connectivity index is 1.86. The minimum Gasteiger partial charge on any atom is -0.489 e. The van der Waals surface area contributed by atoms with Crippen molar-refractivity contribution in [2.24, 2.45) is 0 Å². The van der Waals surface area contributed by atoms with Crippen molar-refractivity contribution in [2.45, 2.75) is 19.1 Å². The van der Waals surface area contributed by atoms with Gasteiger partial charge in [-0.15, -0.1) is 0 Å². The first-order valence-corrected chi connectivity index (χ1v) is 11.2. The Morgan fingerprint density at radius 2 is 1.94 bits per heavy atom. The quantitative estimate of drug-likeness (QED) is 0.494. The smallest absolute Gasteiger partial charge is 0.326 e. The van der Waals surface area contributed by atoms with Crippen LogP contribution in [0.1, 0.15) is 22.3 Å². The van der Waals surface area contributed by atoms with Gasteiger partial charge >= 0.3 is 5.97 Å². The van der Waals surface area contributed by atoms with Gasteiger partial charge in [0.2, 0.25) is 0 Å². The molecule has 6 nitrogen and oxygen atoms in total. The van der Waals surface area contributed by atoms with E-state index in [1.54, 1.807) is 42.4 Å². The number of aliphatic carboxylic acids is 1. The standard InChI is InChI=1S/C24H24N2O4S/c1-31-13-11-22(24(28)29)26-23(27)20-10-9-19(30-16-17-6-5-12-25-15-17)14-21(20)18-7-3-2-4-8-18/h2-10,12,14-15,22H,11,13,16H2,1H3,(H,26,27)(H,28,29)/t22-/m0/s1. The van der Waals surface area contributed by atoms with Crippen molar-refractivity contribution in [1.29, 1.82) is 0 Å². The average molecular weight is 437 g/mol. The number of aromatic nitrogens is 1. The molecular weight excluding hydrogens is 412 g/mol. The number of nitrogens with zero attached hydrogens (tertiary/aromatic N) is 1. The van der Waals surface area contributed by atoms with E-state index < -0.39 is 17.9 Å². The molecule has 0 saturated carbocycles. The number of carboxylic acid groups (broad SMARTS) is 1. The van der Waals surface area contributed by atoms with Gasteiger partial charge in [0, 0.05) is 23.5 Å². The molecule has 0 aliphatic heterocycles. The van der Waals surface area contributed by atoms with E-state index in [1.807, 2.05) is 48.7 Å². The maximum atomic E-state index is 13.0. The summed E-state index contributed by atoms with van der Waals surface area (Å²) in [6, 6.07) is 17.5. The number of thioether (sulfide) groups is 1. The van der Waals surface area contributed by atoms with Gasteiger partial charge in [0.05, 0.1) is 0 Å². The number of carboxylic acids is 1. The molecule has 0 fully saturated rings. The highest BCUT2D eigenvalue weighted by Crippen LogP contribution is 2.29. The molecule has 3 aromatic rings. The number of hydrogen-bond donors (Lipinski definition) is 2. The molecule has 0 radical (unpaired) electrons. The van der Waals surface area contributed by atoms with Gasteiger partial charge in [0.1, 0.15) is 18.4 Å². The molecule has 1 aromatic heterocycles. The molecule has 0 aliphatic rings. The number of nitrogens with one attached hydrogen (secondary N) is 1. The van der Waals surface area contributed by atoms with Crippen LogP contribution < -0.4 is 10.1 Å². The van der Waals surface area contributed by atoms with Crippen LogP contribution >= 0.6 is 11.8 Å². The van der Waals surface area contributed by atoms with Gasteiger partial charge in [-0.25, -0.2) is 4.79 Å². The molecule has 0 saturated heterocycles. The fourth-order valence-electron chi connectivity index (χ4n) is 3.05. The van der Waals surface area contributed by atoms with Crippen molar-refractivity contribution >= 4 is 23.6 Å². The lowest BCUT2D eigenvalue weighted by molar-refractivity contribution is -0.139. The maximum absolute atomic E-state index is 13.0. The molecule has 0 bridgehead atoms. The van der Waals surface area contributed by atoms with Crippen molar-refractivity contribution in [3.05, 3.63) is 84.2 Å². The van der Waals surface area contributed by atoms with Crippen LogP contribution in [0.15, 0.2) is 73.1 Å². The Kier molecular flexibility index (Phi) is 8.06. The lowest BCUT2D eigenvalue weighted by Crippen LogP contribution is -2.41. The topological polar surface area (TPSA) is 88.5 Å². The van der Waals surface area contributed by atoms with Gasteiger partial charge in [-0.1, -0.05) is 36.4 Å². The molecule has 1 atom stereocenters. The Bertz CT molecular complexity index is 1010. The summed E-state index contributed by atoms with van der Waals surface area (Å²) in [4.78, 5) is 28.6. The number of ether oxygens (including phenoxy) is 1. The number of pyridine rings is 1. The average Bonchev–Trinajstić information content (AvgIpc) is 2.81. The van der Waals surface area contributed by atoms with Crippen molar-refractivity contribution in [2.75, 3.05) is 12.0 Å². The van der Waals surface area contributed by atoms with E-state index in [1.165, 1.54) is 0 Å². The number of carbonyl (C=O) groups is 2. The summed E-state index contributed by atoms with van der Waals surface area (Å²) in [5.74, 6) is -0.216. The summed E-state index contributed by atoms with van der Waals surface area (Å²) in [7, 11) is 0. The monoisotopic (exact) mass is 436 g/mol. The molecule has 0 unspecified atom stereocenters. The number of benzene rings is 2. The molecule has 2 N–H and O–H groups in total. The van der Waals surface area contributed by atoms with Crippen molar-refractivity contribution < 1.29 is 19.4 Å². The summed E-state index contributed by atoms with van der Waals surface area (Å²) in [5, 5.41) is 12.1. The number of carbonyl (C=O) groups excluding carboxylic acids is 1. The third-order valence-corrected chi connectivity index (χ3v) is 5.31. The summed E-state index contributed by atoms with van der Waals surface area (Å²) in [6.45, 7) is 0.351. The Labute approximate surface area is 185 Å². The predicted octanol–water partition coefficient (Wildman–Crippen LogP) is 4.26. The lowest BCUT2D eigenvalue weighted by atomic mass is 9.98. The van der Waals surface area contributed by atoms with Gasteiger partial charge in [0.15, 0.2) is 0 Å². The normalized spacial score (nSPS) is 11.5. The Morgan fingerprint density at radius 1 is 1.13 bits per heavy atom. The largest absolute Gasteiger partial charge is 0.489 e. The van der Waals surface area contributed by atoms with Gasteiger partial charge in [-0.3, -0.25) is 9.78 Å². The molecule has 0 aliphatic carbocycles. The zero-order chi connectivity index (χ0) is 22.1. The number of rotatable bonds is 10. The minimum absolute atomic E-state index is 0.351. The van der Waals surface area contributed by atoms with E-state index in [4.69, 9.17) is 4.74 Å². The van der Waals surface area contributed by atoms with Crippen LogP contribution in [0.4, 0.5) is 0 Å². The van der Waals surface area contributed by atoms with Gasteiger partial charge in [0.25, 0.3) is 5.91 Å². The highest BCUT2D eigenvalue weighted by atomic mass is 32.2. The van der Waals surface area contributed by atoms with Crippen molar-refractivity contribution in [1.82, 2.24) is 10.3 Å². The molecule has 1 amide bonds. The van der Waals surface area contributed by atoms with Crippen LogP contribution in [-0.4, -0.2) is 40.0 Å². The second kappa shape index (κ2) is 11.2. The van der Waals surface area contributed by atoms with Crippen LogP contribution in [-0.2, 0) is 11.4 Å². The first-order chi connectivity index (χ1) is 15.1. The zero-order valence-corrected chi connectivity index (χ0v) is 18.0. The molecule has 1 heterocycles. The molecule has 2 aromatic carbocycles. The van der Waals surface area contributed by atoms with E-state index in [-0.39, 0.29) is 0 Å². The lowest BCUT2D eigenvalue weighted by Gasteiger charge is -2.17. The Hall–Kier alpha value is -3.32. The van der Waals surface area contributed by atoms with Crippen LogP contribution in [0.25, 0.3) is 11.1 Å². The van der Waals surface area contributed by atoms with Crippen molar-refractivity contribution in [3.8, 4) is 16.9 Å². The SMILES string of the molecule is CSCC[C@H](NC(=O)c1ccc(OCc2cccnc2)cc1-c1ccccc1)C(=O)O. The molecule has 31 heavy (non-hydrogen) atoms. The van der Waals surface area contributed by atoms with Gasteiger partial charge in [-0.2, -0.15) is 11.8 Å². The molecule has 3 rings (SSSR count). The highest BCUT2D eigenvalue weighted by molar-refractivity contribution is 7.98. The van der Waals surface area contributed by atoms with E-state index >= 15 is 0 Å². The third kappa shape index (κ3) is 6.33. The van der Waals surface area contributed by atoms with Crippen LogP contribution in [0.3, 0.4) is 0 Å². The van der Waals surface area contributed by atoms with E-state index in [0.29, 0.717) is 35.7 Å². The molecule has 160 valence electrons. The summed E-state index contributed by atoms with van der Waals surface area (Å²) < 4.78 is 5.89. The number of hydrogen-bond acceptors (Lipinski definition) is 5. The highest BCUT2D eigenvalue weighted by Gasteiger charge is 2.22. The summed E-state index contributed by atoms with van der Waals surface area (Å²) >= 11 is 1.54. The first-order valence-electron chi connectivity index (χ1n) is 9.82. The van der Waals surface area contributed by atoms with E-state index in [9.17, 15) is 14.7 Å². The predicted molar refractivity (Wildman–Crippen MR) is 122 cm³/mol. The summed E-state index contributed by atoms with van der Waals surface area (Å²) in [6.07, 6.45) is 5.70. The van der Waals surface area contributed by atoms with Crippen LogP contribution in [0.2, 0.25) is 0 Å². The minimum atomic E-state index is -1.04. The first kappa shape index (κ1) is 22.4. The second-order valence-corrected chi connectivity index (χ2v) is 7.85. The summed E-state index contributed by atoms with van der Waals surface area (Å²) in [5.41, 5.74) is 2.85. The molecular formula is C24H24N2O4S. The molecule has 0 spiro atoms. The van der Waals surface area contributed by atoms with Crippen LogP contribution in [0.5, 0.6) is 5.75 Å². The van der Waals surface area contributed by atoms with Crippen molar-refractivity contribution in [3.63, 3.8) is 0 Å². The third-order valence-electron chi connectivity index (χ3n) is 4.66. The fourth-order valence-corrected chi connectivity index (χ4v) is 3.52. The van der Waals surface area contributed by atoms with E-state index in [0.717, 1.165) is 11.1 Å². The maximum Gasteiger partial charge on any atom is 0.326 e. The number of amides is 1. The zero-order valence-electron chi connectivity index (χ0n) is 17.2. The Morgan fingerprint density at radius 3 is 2.61 bits per heavy atom. The van der Waals surface area contributed by atoms with Crippen LogP contribution in [0, 0.1) is 0 Å². The van der Waals surface area contributed by atoms with Gasteiger partial charge in [-0.05, 0) is 53.8 Å². The second-order valence-electron chi connectivity index (χ2n) is 6.87. The van der Waals surface area contributed by atoms with Gasteiger partial charge < -0.3 is 15.2 Å². The molecule has 7 heteroatoms. The fraction of sp³-hybridized carbons (Fsp3) is 0.208.